The monoisotopic (exact) mass is 476 g/mol. The Hall–Kier alpha value is -3.23. The van der Waals surface area contributed by atoms with Crippen molar-refractivity contribution in [2.75, 3.05) is 25.5 Å². The van der Waals surface area contributed by atoms with Gasteiger partial charge in [0.05, 0.1) is 17.6 Å². The predicted octanol–water partition coefficient (Wildman–Crippen LogP) is 1.46. The van der Waals surface area contributed by atoms with E-state index in [9.17, 15) is 18.8 Å². The van der Waals surface area contributed by atoms with Crippen molar-refractivity contribution in [3.8, 4) is 6.07 Å². The minimum absolute atomic E-state index is 0.0250. The maximum absolute atomic E-state index is 13.5. The molecular formula is C23H33FN6O4. The predicted molar refractivity (Wildman–Crippen MR) is 124 cm³/mol. The van der Waals surface area contributed by atoms with E-state index < -0.39 is 35.3 Å². The molecule has 1 saturated heterocycles. The van der Waals surface area contributed by atoms with Crippen LogP contribution in [0, 0.1) is 17.1 Å². The van der Waals surface area contributed by atoms with Crippen LogP contribution in [0.3, 0.4) is 0 Å². The number of benzene rings is 1. The average Bonchev–Trinajstić information content (AvgIpc) is 2.77. The van der Waals surface area contributed by atoms with E-state index in [-0.39, 0.29) is 29.8 Å². The van der Waals surface area contributed by atoms with Gasteiger partial charge in [0.2, 0.25) is 11.8 Å². The standard InChI is InChI=1S/C23H33FN6O4/c1-23(2,3)34-22(33)30-9-7-15(8-10-30)28-20(31)18(26)12-19(27-4)21(32)29-16-5-6-17(24)14(11-16)13-25/h5-6,11,15,18-19,27H,7-10,12,26H2,1-4H3,(H,28,31)(H,29,32). The van der Waals surface area contributed by atoms with Gasteiger partial charge >= 0.3 is 6.09 Å². The number of hydrogen-bond donors (Lipinski definition) is 4. The molecule has 0 bridgehead atoms. The van der Waals surface area contributed by atoms with Gasteiger partial charge in [-0.2, -0.15) is 5.26 Å². The quantitative estimate of drug-likeness (QED) is 0.465. The Bertz CT molecular complexity index is 934. The zero-order chi connectivity index (χ0) is 25.5. The fourth-order valence-corrected chi connectivity index (χ4v) is 3.48. The summed E-state index contributed by atoms with van der Waals surface area (Å²) in [6, 6.07) is 3.51. The molecule has 5 N–H and O–H groups in total. The van der Waals surface area contributed by atoms with Crippen LogP contribution in [-0.4, -0.2) is 66.7 Å². The van der Waals surface area contributed by atoms with E-state index in [0.29, 0.717) is 25.9 Å². The number of anilines is 1. The molecule has 1 aliphatic rings. The highest BCUT2D eigenvalue weighted by molar-refractivity contribution is 5.95. The molecule has 1 heterocycles. The third kappa shape index (κ3) is 7.97. The molecule has 2 unspecified atom stereocenters. The number of likely N-dealkylation sites (N-methyl/N-ethyl adjacent to an activating group) is 1. The van der Waals surface area contributed by atoms with Crippen LogP contribution >= 0.6 is 0 Å². The number of halogens is 1. The molecule has 11 heteroatoms. The highest BCUT2D eigenvalue weighted by atomic mass is 19.1. The summed E-state index contributed by atoms with van der Waals surface area (Å²) in [4.78, 5) is 39.0. The largest absolute Gasteiger partial charge is 0.444 e. The number of carbonyl (C=O) groups excluding carboxylic acids is 3. The smallest absolute Gasteiger partial charge is 0.410 e. The molecule has 1 aliphatic heterocycles. The van der Waals surface area contributed by atoms with Crippen molar-refractivity contribution < 1.29 is 23.5 Å². The molecule has 1 fully saturated rings. The summed E-state index contributed by atoms with van der Waals surface area (Å²) >= 11 is 0. The summed E-state index contributed by atoms with van der Waals surface area (Å²) in [5, 5.41) is 17.2. The first-order chi connectivity index (χ1) is 15.9. The summed E-state index contributed by atoms with van der Waals surface area (Å²) in [5.41, 5.74) is 5.55. The lowest BCUT2D eigenvalue weighted by molar-refractivity contribution is -0.124. The molecule has 0 saturated carbocycles. The van der Waals surface area contributed by atoms with Crippen LogP contribution in [0.1, 0.15) is 45.6 Å². The second kappa shape index (κ2) is 11.8. The third-order valence-electron chi connectivity index (χ3n) is 5.34. The summed E-state index contributed by atoms with van der Waals surface area (Å²) in [7, 11) is 1.56. The molecule has 0 spiro atoms. The van der Waals surface area contributed by atoms with Crippen molar-refractivity contribution in [2.24, 2.45) is 5.73 Å². The van der Waals surface area contributed by atoms with Crippen LogP contribution in [0.4, 0.5) is 14.9 Å². The van der Waals surface area contributed by atoms with E-state index >= 15 is 0 Å². The van der Waals surface area contributed by atoms with E-state index in [2.05, 4.69) is 16.0 Å². The van der Waals surface area contributed by atoms with Gasteiger partial charge in [-0.15, -0.1) is 0 Å². The Balaban J connectivity index is 1.84. The number of rotatable bonds is 7. The molecule has 1 aromatic carbocycles. The third-order valence-corrected chi connectivity index (χ3v) is 5.34. The number of nitriles is 1. The average molecular weight is 477 g/mol. The lowest BCUT2D eigenvalue weighted by atomic mass is 10.0. The molecule has 186 valence electrons. The van der Waals surface area contributed by atoms with Gasteiger partial charge in [0.1, 0.15) is 17.5 Å². The van der Waals surface area contributed by atoms with Crippen molar-refractivity contribution in [2.45, 2.75) is 63.8 Å². The Morgan fingerprint density at radius 3 is 2.47 bits per heavy atom. The molecule has 10 nitrogen and oxygen atoms in total. The van der Waals surface area contributed by atoms with Crippen LogP contribution in [0.25, 0.3) is 0 Å². The Morgan fingerprint density at radius 2 is 1.91 bits per heavy atom. The van der Waals surface area contributed by atoms with Crippen molar-refractivity contribution in [3.63, 3.8) is 0 Å². The molecule has 0 aromatic heterocycles. The van der Waals surface area contributed by atoms with Gasteiger partial charge in [-0.3, -0.25) is 9.59 Å². The number of ether oxygens (including phenoxy) is 1. The number of amides is 3. The van der Waals surface area contributed by atoms with Crippen molar-refractivity contribution in [1.29, 1.82) is 5.26 Å². The fourth-order valence-electron chi connectivity index (χ4n) is 3.48. The Kier molecular flexibility index (Phi) is 9.35. The van der Waals surface area contributed by atoms with Gasteiger partial charge in [-0.05, 0) is 65.3 Å². The van der Waals surface area contributed by atoms with Gasteiger partial charge in [0, 0.05) is 24.8 Å². The number of likely N-dealkylation sites (tertiary alicyclic amines) is 1. The summed E-state index contributed by atoms with van der Waals surface area (Å²) in [6.45, 7) is 6.33. The fraction of sp³-hybridized carbons (Fsp3) is 0.565. The minimum Gasteiger partial charge on any atom is -0.444 e. The van der Waals surface area contributed by atoms with Crippen molar-refractivity contribution in [1.82, 2.24) is 15.5 Å². The lowest BCUT2D eigenvalue weighted by Gasteiger charge is -2.34. The van der Waals surface area contributed by atoms with Crippen molar-refractivity contribution >= 4 is 23.6 Å². The van der Waals surface area contributed by atoms with Gasteiger partial charge < -0.3 is 31.3 Å². The molecule has 3 amide bonds. The second-order valence-electron chi connectivity index (χ2n) is 9.23. The molecule has 0 aliphatic carbocycles. The van der Waals surface area contributed by atoms with Crippen LogP contribution in [0.5, 0.6) is 0 Å². The lowest BCUT2D eigenvalue weighted by Crippen LogP contribution is -2.53. The number of nitrogens with two attached hydrogens (primary N) is 1. The van der Waals surface area contributed by atoms with E-state index in [1.165, 1.54) is 12.1 Å². The van der Waals surface area contributed by atoms with E-state index in [1.807, 2.05) is 0 Å². The second-order valence-corrected chi connectivity index (χ2v) is 9.23. The van der Waals surface area contributed by atoms with Crippen LogP contribution in [-0.2, 0) is 14.3 Å². The highest BCUT2D eigenvalue weighted by Crippen LogP contribution is 2.17. The summed E-state index contributed by atoms with van der Waals surface area (Å²) in [6.07, 6.45) is 0.788. The van der Waals surface area contributed by atoms with Gasteiger partial charge in [0.15, 0.2) is 0 Å². The van der Waals surface area contributed by atoms with Crippen LogP contribution < -0.4 is 21.7 Å². The molecule has 34 heavy (non-hydrogen) atoms. The Morgan fingerprint density at radius 1 is 1.26 bits per heavy atom. The number of nitrogens with one attached hydrogen (secondary N) is 3. The highest BCUT2D eigenvalue weighted by Gasteiger charge is 2.29. The summed E-state index contributed by atoms with van der Waals surface area (Å²) in [5.74, 6) is -1.54. The zero-order valence-corrected chi connectivity index (χ0v) is 20.0. The molecule has 0 radical (unpaired) electrons. The molecular weight excluding hydrogens is 443 g/mol. The molecule has 2 rings (SSSR count). The number of piperidine rings is 1. The Labute approximate surface area is 199 Å². The first-order valence-electron chi connectivity index (χ1n) is 11.1. The maximum atomic E-state index is 13.5. The SMILES string of the molecule is CNC(CC(N)C(=O)NC1CCN(C(=O)OC(C)(C)C)CC1)C(=O)Nc1ccc(F)c(C#N)c1. The first kappa shape index (κ1) is 27.0. The van der Waals surface area contributed by atoms with E-state index in [1.54, 1.807) is 38.8 Å². The van der Waals surface area contributed by atoms with E-state index in [4.69, 9.17) is 15.7 Å². The molecule has 2 atom stereocenters. The van der Waals surface area contributed by atoms with Gasteiger partial charge in [-0.25, -0.2) is 9.18 Å². The zero-order valence-electron chi connectivity index (χ0n) is 20.0. The van der Waals surface area contributed by atoms with Crippen LogP contribution in [0.2, 0.25) is 0 Å². The van der Waals surface area contributed by atoms with Crippen molar-refractivity contribution in [3.05, 3.63) is 29.6 Å². The summed E-state index contributed by atoms with van der Waals surface area (Å²) < 4.78 is 18.8. The first-order valence-corrected chi connectivity index (χ1v) is 11.1. The number of hydrogen-bond acceptors (Lipinski definition) is 7. The number of nitrogens with zero attached hydrogens (tertiary/aromatic N) is 2. The normalized spacial score (nSPS) is 16.2. The molecule has 1 aromatic rings. The van der Waals surface area contributed by atoms with Crippen LogP contribution in [0.15, 0.2) is 18.2 Å². The number of carbonyl (C=O) groups is 3. The topological polar surface area (TPSA) is 150 Å². The van der Waals surface area contributed by atoms with E-state index in [0.717, 1.165) is 6.07 Å². The van der Waals surface area contributed by atoms with Gasteiger partial charge in [-0.1, -0.05) is 0 Å². The van der Waals surface area contributed by atoms with Gasteiger partial charge in [0.25, 0.3) is 0 Å². The maximum Gasteiger partial charge on any atom is 0.410 e. The minimum atomic E-state index is -0.949.